The van der Waals surface area contributed by atoms with Gasteiger partial charge < -0.3 is 20.1 Å². The first kappa shape index (κ1) is 32.1. The molecular formula is C34H31F3N6O3S. The number of nitrogens with one attached hydrogen (secondary N) is 2. The number of halogens is 3. The quantitative estimate of drug-likeness (QED) is 0.157. The summed E-state index contributed by atoms with van der Waals surface area (Å²) < 4.78 is 52.8. The summed E-state index contributed by atoms with van der Waals surface area (Å²) in [6, 6.07) is 16.0. The monoisotopic (exact) mass is 660 g/mol. The van der Waals surface area contributed by atoms with Gasteiger partial charge in [0.05, 0.1) is 47.2 Å². The molecule has 47 heavy (non-hydrogen) atoms. The van der Waals surface area contributed by atoms with Crippen LogP contribution in [0.2, 0.25) is 0 Å². The smallest absolute Gasteiger partial charge is 0.258 e. The number of thiazole rings is 1. The Kier molecular flexibility index (Phi) is 10.0. The van der Waals surface area contributed by atoms with Gasteiger partial charge >= 0.3 is 0 Å². The van der Waals surface area contributed by atoms with Crippen LogP contribution in [0.15, 0.2) is 72.9 Å². The van der Waals surface area contributed by atoms with Gasteiger partial charge in [0.2, 0.25) is 5.95 Å². The third-order valence-electron chi connectivity index (χ3n) is 7.50. The van der Waals surface area contributed by atoms with Gasteiger partial charge in [0, 0.05) is 48.7 Å². The van der Waals surface area contributed by atoms with Gasteiger partial charge in [-0.15, -0.1) is 11.3 Å². The molecule has 6 rings (SSSR count). The number of anilines is 3. The number of ether oxygens (including phenoxy) is 2. The third-order valence-corrected chi connectivity index (χ3v) is 8.64. The van der Waals surface area contributed by atoms with Crippen molar-refractivity contribution in [1.82, 2.24) is 19.9 Å². The summed E-state index contributed by atoms with van der Waals surface area (Å²) in [6.45, 7) is 4.20. The minimum atomic E-state index is -0.825. The van der Waals surface area contributed by atoms with Gasteiger partial charge in [-0.05, 0) is 61.5 Å². The van der Waals surface area contributed by atoms with Crippen LogP contribution in [0, 0.1) is 17.5 Å². The van der Waals surface area contributed by atoms with Crippen LogP contribution in [-0.4, -0.2) is 65.7 Å². The maximum Gasteiger partial charge on any atom is 0.258 e. The number of aromatic nitrogens is 3. The van der Waals surface area contributed by atoms with Crippen molar-refractivity contribution >= 4 is 34.6 Å². The average Bonchev–Trinajstić information content (AvgIpc) is 3.51. The Morgan fingerprint density at radius 2 is 1.83 bits per heavy atom. The number of amides is 1. The largest absolute Gasteiger partial charge is 0.494 e. The summed E-state index contributed by atoms with van der Waals surface area (Å²) in [4.78, 5) is 30.0. The molecule has 9 nitrogen and oxygen atoms in total. The summed E-state index contributed by atoms with van der Waals surface area (Å²) in [5, 5.41) is 6.61. The van der Waals surface area contributed by atoms with Crippen molar-refractivity contribution in [1.29, 1.82) is 0 Å². The Morgan fingerprint density at radius 1 is 0.979 bits per heavy atom. The Bertz CT molecular complexity index is 1880. The molecule has 1 saturated heterocycles. The maximum atomic E-state index is 14.3. The molecule has 0 atom stereocenters. The van der Waals surface area contributed by atoms with E-state index < -0.39 is 28.9 Å². The number of carbonyl (C=O) groups is 1. The number of rotatable bonds is 11. The minimum absolute atomic E-state index is 0.125. The molecule has 0 bridgehead atoms. The summed E-state index contributed by atoms with van der Waals surface area (Å²) >= 11 is 1.51. The van der Waals surface area contributed by atoms with Gasteiger partial charge in [-0.3, -0.25) is 9.69 Å². The second-order valence-corrected chi connectivity index (χ2v) is 11.8. The summed E-state index contributed by atoms with van der Waals surface area (Å²) in [6.07, 6.45) is 3.25. The lowest BCUT2D eigenvalue weighted by Crippen LogP contribution is -2.36. The van der Waals surface area contributed by atoms with Crippen molar-refractivity contribution in [2.24, 2.45) is 0 Å². The van der Waals surface area contributed by atoms with Crippen LogP contribution in [0.1, 0.15) is 21.8 Å². The number of methoxy groups -OCH3 is 1. The lowest BCUT2D eigenvalue weighted by Gasteiger charge is -2.26. The first-order valence-electron chi connectivity index (χ1n) is 15.0. The number of benzene rings is 3. The summed E-state index contributed by atoms with van der Waals surface area (Å²) in [7, 11) is 1.40. The number of hydrogen-bond donors (Lipinski definition) is 2. The van der Waals surface area contributed by atoms with E-state index >= 15 is 0 Å². The van der Waals surface area contributed by atoms with Crippen molar-refractivity contribution < 1.29 is 27.4 Å². The molecule has 0 unspecified atom stereocenters. The molecule has 1 amide bonds. The normalized spacial score (nSPS) is 13.4. The highest BCUT2D eigenvalue weighted by Crippen LogP contribution is 2.38. The van der Waals surface area contributed by atoms with Crippen LogP contribution in [0.25, 0.3) is 21.8 Å². The molecule has 1 aliphatic heterocycles. The second kappa shape index (κ2) is 14.7. The van der Waals surface area contributed by atoms with Crippen LogP contribution >= 0.6 is 11.3 Å². The number of nitrogens with zero attached hydrogens (tertiary/aromatic N) is 4. The molecule has 0 radical (unpaired) electrons. The van der Waals surface area contributed by atoms with E-state index in [9.17, 15) is 18.0 Å². The zero-order valence-electron chi connectivity index (χ0n) is 25.4. The Balaban J connectivity index is 1.29. The highest BCUT2D eigenvalue weighted by atomic mass is 32.1. The molecule has 242 valence electrons. The lowest BCUT2D eigenvalue weighted by molar-refractivity contribution is 0.0374. The average molecular weight is 661 g/mol. The molecule has 2 aromatic heterocycles. The van der Waals surface area contributed by atoms with Crippen molar-refractivity contribution in [3.8, 4) is 27.6 Å². The van der Waals surface area contributed by atoms with E-state index in [1.165, 1.54) is 30.6 Å². The van der Waals surface area contributed by atoms with Crippen molar-refractivity contribution in [2.45, 2.75) is 12.8 Å². The second-order valence-electron chi connectivity index (χ2n) is 10.7. The van der Waals surface area contributed by atoms with E-state index in [1.54, 1.807) is 36.5 Å². The molecule has 2 N–H and O–H groups in total. The molecular weight excluding hydrogens is 629 g/mol. The number of carbonyl (C=O) groups excluding carboxylic acids is 1. The van der Waals surface area contributed by atoms with Crippen LogP contribution in [-0.2, 0) is 11.2 Å². The van der Waals surface area contributed by atoms with Crippen molar-refractivity contribution in [2.75, 3.05) is 50.6 Å². The molecule has 3 aromatic carbocycles. The Labute approximate surface area is 273 Å². The third kappa shape index (κ3) is 7.94. The highest BCUT2D eigenvalue weighted by molar-refractivity contribution is 7.15. The van der Waals surface area contributed by atoms with Gasteiger partial charge in [-0.25, -0.2) is 28.1 Å². The predicted molar refractivity (Wildman–Crippen MR) is 175 cm³/mol. The van der Waals surface area contributed by atoms with Crippen molar-refractivity contribution in [3.05, 3.63) is 101 Å². The maximum absolute atomic E-state index is 14.3. The van der Waals surface area contributed by atoms with Crippen molar-refractivity contribution in [3.63, 3.8) is 0 Å². The zero-order chi connectivity index (χ0) is 32.8. The fourth-order valence-electron chi connectivity index (χ4n) is 5.15. The van der Waals surface area contributed by atoms with E-state index in [4.69, 9.17) is 19.4 Å². The molecule has 0 aliphatic carbocycles. The van der Waals surface area contributed by atoms with Crippen LogP contribution in [0.4, 0.5) is 30.5 Å². The predicted octanol–water partition coefficient (Wildman–Crippen LogP) is 6.95. The zero-order valence-corrected chi connectivity index (χ0v) is 26.3. The van der Waals surface area contributed by atoms with Crippen LogP contribution in [0.5, 0.6) is 5.75 Å². The molecule has 5 aromatic rings. The molecule has 1 fully saturated rings. The van der Waals surface area contributed by atoms with Gasteiger partial charge in [0.1, 0.15) is 11.6 Å². The van der Waals surface area contributed by atoms with Crippen LogP contribution in [0.3, 0.4) is 0 Å². The minimum Gasteiger partial charge on any atom is -0.494 e. The van der Waals surface area contributed by atoms with E-state index in [-0.39, 0.29) is 11.7 Å². The Morgan fingerprint density at radius 3 is 2.64 bits per heavy atom. The summed E-state index contributed by atoms with van der Waals surface area (Å²) in [5.41, 5.74) is 2.37. The van der Waals surface area contributed by atoms with E-state index in [0.717, 1.165) is 73.8 Å². The molecule has 0 spiro atoms. The Hall–Kier alpha value is -4.85. The van der Waals surface area contributed by atoms with Gasteiger partial charge in [-0.1, -0.05) is 12.1 Å². The van der Waals surface area contributed by atoms with Gasteiger partial charge in [0.25, 0.3) is 5.91 Å². The lowest BCUT2D eigenvalue weighted by atomic mass is 10.1. The molecule has 0 saturated carbocycles. The fourth-order valence-corrected chi connectivity index (χ4v) is 6.25. The SMILES string of the molecule is COc1ccc(Nc2nccc(-c3sc(CCCN4CCOCC4)nc3-c3cccc(NC(=O)c4cc(F)ccc4F)c3)n2)cc1F. The summed E-state index contributed by atoms with van der Waals surface area (Å²) in [5.74, 6) is -2.45. The first-order chi connectivity index (χ1) is 22.9. The highest BCUT2D eigenvalue weighted by Gasteiger charge is 2.19. The van der Waals surface area contributed by atoms with E-state index in [0.29, 0.717) is 28.3 Å². The molecule has 3 heterocycles. The van der Waals surface area contributed by atoms with E-state index in [2.05, 4.69) is 20.5 Å². The standard InChI is InChI=1S/C34H31F3N6O3S/c1-45-29-10-8-24(20-27(29)37)40-34-38-12-11-28(41-34)32-31(42-30(47-32)6-3-13-43-14-16-46-17-15-43)21-4-2-5-23(18-21)39-33(44)25-19-22(35)7-9-26(25)36/h2,4-5,7-12,18-20H,3,6,13-17H2,1H3,(H,39,44)(H,38,40,41). The van der Waals surface area contributed by atoms with Gasteiger partial charge in [-0.2, -0.15) is 0 Å². The molecule has 1 aliphatic rings. The van der Waals surface area contributed by atoms with E-state index in [1.807, 2.05) is 6.07 Å². The topological polar surface area (TPSA) is 102 Å². The van der Waals surface area contributed by atoms with Gasteiger partial charge in [0.15, 0.2) is 11.6 Å². The van der Waals surface area contributed by atoms with Crippen LogP contribution < -0.4 is 15.4 Å². The molecule has 13 heteroatoms. The first-order valence-corrected chi connectivity index (χ1v) is 15.8. The number of aryl methyl sites for hydroxylation is 1. The fraction of sp³-hybridized carbons (Fsp3) is 0.235. The number of morpholine rings is 1. The number of hydrogen-bond acceptors (Lipinski definition) is 9.